The van der Waals surface area contributed by atoms with Gasteiger partial charge in [-0.1, -0.05) is 24.3 Å². The molecule has 4 N–H and O–H groups in total. The molecule has 0 fully saturated rings. The summed E-state index contributed by atoms with van der Waals surface area (Å²) < 4.78 is 26.4. The lowest BCUT2D eigenvalue weighted by atomic mass is 10.2. The molecule has 0 aliphatic heterocycles. The van der Waals surface area contributed by atoms with Crippen molar-refractivity contribution in [3.05, 3.63) is 105 Å². The fourth-order valence-corrected chi connectivity index (χ4v) is 3.11. The minimum absolute atomic E-state index is 0.0240. The van der Waals surface area contributed by atoms with Crippen LogP contribution in [0.2, 0.25) is 0 Å². The third-order valence-corrected chi connectivity index (χ3v) is 4.94. The van der Waals surface area contributed by atoms with Gasteiger partial charge in [0.1, 0.15) is 17.4 Å². The highest BCUT2D eigenvalue weighted by molar-refractivity contribution is 5.86. The molecule has 188 valence electrons. The molecular formula is C24H20F2N8O3. The van der Waals surface area contributed by atoms with E-state index in [1.165, 1.54) is 42.6 Å². The quantitative estimate of drug-likeness (QED) is 0.139. The molecule has 0 saturated carbocycles. The van der Waals surface area contributed by atoms with E-state index < -0.39 is 4.92 Å². The number of phenolic OH excluding ortho intramolecular Hbond substituents is 1. The molecule has 0 radical (unpaired) electrons. The van der Waals surface area contributed by atoms with Crippen LogP contribution in [0.1, 0.15) is 16.7 Å². The SMILES string of the molecule is O=[N+]([O-])c1cc(O)ccc1/C=N/Nc1nc(NCc2ccc(F)cc2)nc(NCc2ccc(F)cc2)n1. The van der Waals surface area contributed by atoms with Crippen LogP contribution in [0, 0.1) is 21.7 Å². The highest BCUT2D eigenvalue weighted by Gasteiger charge is 2.13. The van der Waals surface area contributed by atoms with Crippen molar-refractivity contribution in [2.24, 2.45) is 5.10 Å². The molecule has 4 aromatic rings. The number of hydrogen-bond acceptors (Lipinski definition) is 10. The monoisotopic (exact) mass is 506 g/mol. The Labute approximate surface area is 209 Å². The second kappa shape index (κ2) is 11.5. The first kappa shape index (κ1) is 24.9. The molecule has 0 bridgehead atoms. The number of nitrogens with zero attached hydrogens (tertiary/aromatic N) is 5. The van der Waals surface area contributed by atoms with E-state index in [0.717, 1.165) is 17.2 Å². The zero-order valence-corrected chi connectivity index (χ0v) is 19.1. The van der Waals surface area contributed by atoms with Gasteiger partial charge in [-0.25, -0.2) is 14.2 Å². The van der Waals surface area contributed by atoms with Crippen LogP contribution in [0.3, 0.4) is 0 Å². The molecule has 37 heavy (non-hydrogen) atoms. The number of nitro groups is 1. The fraction of sp³-hybridized carbons (Fsp3) is 0.0833. The van der Waals surface area contributed by atoms with Gasteiger partial charge in [-0.05, 0) is 47.5 Å². The van der Waals surface area contributed by atoms with Crippen molar-refractivity contribution < 1.29 is 18.8 Å². The maximum Gasteiger partial charge on any atom is 0.281 e. The molecule has 1 aromatic heterocycles. The molecule has 0 amide bonds. The first-order valence-electron chi connectivity index (χ1n) is 10.8. The van der Waals surface area contributed by atoms with Gasteiger partial charge in [-0.3, -0.25) is 10.1 Å². The molecule has 0 saturated heterocycles. The molecule has 0 unspecified atom stereocenters. The van der Waals surface area contributed by atoms with Crippen LogP contribution in [0.4, 0.5) is 32.3 Å². The number of phenols is 1. The fourth-order valence-electron chi connectivity index (χ4n) is 3.11. The number of nitro benzene ring substituents is 1. The van der Waals surface area contributed by atoms with Crippen molar-refractivity contribution in [3.63, 3.8) is 0 Å². The number of aromatic hydroxyl groups is 1. The van der Waals surface area contributed by atoms with E-state index in [-0.39, 0.29) is 46.5 Å². The van der Waals surface area contributed by atoms with Gasteiger partial charge in [-0.2, -0.15) is 20.1 Å². The van der Waals surface area contributed by atoms with Gasteiger partial charge < -0.3 is 15.7 Å². The zero-order valence-electron chi connectivity index (χ0n) is 19.1. The normalized spacial score (nSPS) is 10.9. The van der Waals surface area contributed by atoms with Crippen LogP contribution < -0.4 is 16.1 Å². The van der Waals surface area contributed by atoms with Gasteiger partial charge >= 0.3 is 0 Å². The largest absolute Gasteiger partial charge is 0.508 e. The Bertz CT molecular complexity index is 1350. The van der Waals surface area contributed by atoms with Gasteiger partial charge in [0.25, 0.3) is 5.69 Å². The maximum absolute atomic E-state index is 13.2. The van der Waals surface area contributed by atoms with Gasteiger partial charge in [-0.15, -0.1) is 0 Å². The second-order valence-electron chi connectivity index (χ2n) is 7.64. The summed E-state index contributed by atoms with van der Waals surface area (Å²) in [6.07, 6.45) is 1.19. The number of anilines is 3. The molecule has 3 aromatic carbocycles. The smallest absolute Gasteiger partial charge is 0.281 e. The predicted molar refractivity (Wildman–Crippen MR) is 133 cm³/mol. The molecule has 4 rings (SSSR count). The van der Waals surface area contributed by atoms with Crippen LogP contribution in [-0.4, -0.2) is 31.2 Å². The summed E-state index contributed by atoms with van der Waals surface area (Å²) >= 11 is 0. The van der Waals surface area contributed by atoms with E-state index in [4.69, 9.17) is 0 Å². The molecule has 13 heteroatoms. The summed E-state index contributed by atoms with van der Waals surface area (Å²) in [6, 6.07) is 15.5. The zero-order chi connectivity index (χ0) is 26.2. The Hall–Kier alpha value is -5.20. The first-order chi connectivity index (χ1) is 17.9. The van der Waals surface area contributed by atoms with Crippen LogP contribution in [0.25, 0.3) is 0 Å². The van der Waals surface area contributed by atoms with E-state index in [1.54, 1.807) is 24.3 Å². The lowest BCUT2D eigenvalue weighted by Crippen LogP contribution is -2.11. The average molecular weight is 506 g/mol. The first-order valence-corrected chi connectivity index (χ1v) is 10.8. The summed E-state index contributed by atoms with van der Waals surface area (Å²) in [7, 11) is 0. The van der Waals surface area contributed by atoms with Gasteiger partial charge in [0.05, 0.1) is 22.8 Å². The summed E-state index contributed by atoms with van der Waals surface area (Å²) in [6.45, 7) is 0.591. The number of benzene rings is 3. The lowest BCUT2D eigenvalue weighted by Gasteiger charge is -2.10. The highest BCUT2D eigenvalue weighted by atomic mass is 19.1. The van der Waals surface area contributed by atoms with Crippen molar-refractivity contribution in [1.29, 1.82) is 0 Å². The van der Waals surface area contributed by atoms with Crippen LogP contribution in [0.15, 0.2) is 71.8 Å². The minimum Gasteiger partial charge on any atom is -0.508 e. The third-order valence-electron chi connectivity index (χ3n) is 4.94. The minimum atomic E-state index is -0.640. The van der Waals surface area contributed by atoms with E-state index in [9.17, 15) is 24.0 Å². The number of rotatable bonds is 10. The number of hydrogen-bond donors (Lipinski definition) is 4. The van der Waals surface area contributed by atoms with Gasteiger partial charge in [0.2, 0.25) is 17.8 Å². The van der Waals surface area contributed by atoms with Crippen molar-refractivity contribution in [1.82, 2.24) is 15.0 Å². The van der Waals surface area contributed by atoms with Crippen LogP contribution >= 0.6 is 0 Å². The second-order valence-corrected chi connectivity index (χ2v) is 7.64. The van der Waals surface area contributed by atoms with E-state index in [2.05, 4.69) is 36.1 Å². The molecule has 11 nitrogen and oxygen atoms in total. The number of hydrazone groups is 1. The molecule has 0 spiro atoms. The number of halogens is 2. The van der Waals surface area contributed by atoms with E-state index in [0.29, 0.717) is 13.1 Å². The Morgan fingerprint density at radius 2 is 1.35 bits per heavy atom. The van der Waals surface area contributed by atoms with Crippen LogP contribution in [-0.2, 0) is 13.1 Å². The van der Waals surface area contributed by atoms with Crippen molar-refractivity contribution in [2.75, 3.05) is 16.1 Å². The molecule has 0 aliphatic carbocycles. The molecule has 1 heterocycles. The topological polar surface area (TPSA) is 150 Å². The predicted octanol–water partition coefficient (Wildman–Crippen LogP) is 4.43. The average Bonchev–Trinajstić information content (AvgIpc) is 2.89. The van der Waals surface area contributed by atoms with Crippen molar-refractivity contribution in [2.45, 2.75) is 13.1 Å². The summed E-state index contributed by atoms with van der Waals surface area (Å²) in [5.74, 6) is -0.578. The number of aromatic nitrogens is 3. The Kier molecular flexibility index (Phi) is 7.73. The standard InChI is InChI=1S/C24H20F2N8O3/c25-18-6-1-15(2-7-18)12-27-22-30-23(28-13-16-3-8-19(26)9-4-16)32-24(31-22)33-29-14-17-5-10-20(35)11-21(17)34(36)37/h1-11,14,35H,12-13H2,(H3,27,28,30,31,32,33)/b29-14+. The summed E-state index contributed by atoms with van der Waals surface area (Å²) in [5, 5.41) is 30.7. The molecule has 0 atom stereocenters. The summed E-state index contributed by atoms with van der Waals surface area (Å²) in [5.41, 5.74) is 4.00. The van der Waals surface area contributed by atoms with Gasteiger partial charge in [0.15, 0.2) is 0 Å². The Morgan fingerprint density at radius 1 is 0.838 bits per heavy atom. The van der Waals surface area contributed by atoms with Crippen molar-refractivity contribution >= 4 is 29.7 Å². The number of nitrogens with one attached hydrogen (secondary N) is 3. The van der Waals surface area contributed by atoms with E-state index in [1.807, 2.05) is 0 Å². The molecule has 0 aliphatic rings. The molecular weight excluding hydrogens is 486 g/mol. The Balaban J connectivity index is 1.52. The van der Waals surface area contributed by atoms with Gasteiger partial charge in [0, 0.05) is 13.1 Å². The Morgan fingerprint density at radius 3 is 1.86 bits per heavy atom. The van der Waals surface area contributed by atoms with E-state index >= 15 is 0 Å². The summed E-state index contributed by atoms with van der Waals surface area (Å²) in [4.78, 5) is 23.4. The van der Waals surface area contributed by atoms with Crippen molar-refractivity contribution in [3.8, 4) is 5.75 Å². The highest BCUT2D eigenvalue weighted by Crippen LogP contribution is 2.22. The lowest BCUT2D eigenvalue weighted by molar-refractivity contribution is -0.385. The third kappa shape index (κ3) is 7.14. The maximum atomic E-state index is 13.2. The van der Waals surface area contributed by atoms with Crippen LogP contribution in [0.5, 0.6) is 5.75 Å².